The molecule has 4 rings (SSSR count). The van der Waals surface area contributed by atoms with Crippen LogP contribution in [0.2, 0.25) is 5.02 Å². The second kappa shape index (κ2) is 8.70. The summed E-state index contributed by atoms with van der Waals surface area (Å²) in [5.74, 6) is 0.201. The number of carbonyl (C=O) groups excluding carboxylic acids is 2. The summed E-state index contributed by atoms with van der Waals surface area (Å²) in [6.07, 6.45) is 8.46. The largest absolute Gasteiger partial charge is 0.449 e. The van der Waals surface area contributed by atoms with Crippen molar-refractivity contribution in [2.24, 2.45) is 0 Å². The third-order valence-corrected chi connectivity index (χ3v) is 5.51. The molecule has 29 heavy (non-hydrogen) atoms. The minimum atomic E-state index is -0.362. The SMILES string of the molecule is O=C1Nc2cc(C(=O)NC3CCCCCC3)ccc2O/C1=C/c1cccc(Cl)c1. The Morgan fingerprint density at radius 2 is 1.90 bits per heavy atom. The Hall–Kier alpha value is -2.79. The number of nitrogens with one attached hydrogen (secondary N) is 2. The fraction of sp³-hybridized carbons (Fsp3) is 0.304. The third kappa shape index (κ3) is 4.80. The van der Waals surface area contributed by atoms with Gasteiger partial charge in [0.2, 0.25) is 0 Å². The monoisotopic (exact) mass is 410 g/mol. The quantitative estimate of drug-likeness (QED) is 0.542. The van der Waals surface area contributed by atoms with Crippen LogP contribution in [0.15, 0.2) is 48.2 Å². The number of rotatable bonds is 3. The predicted octanol–water partition coefficient (Wildman–Crippen LogP) is 5.16. The van der Waals surface area contributed by atoms with Crippen LogP contribution >= 0.6 is 11.6 Å². The first kappa shape index (κ1) is 19.5. The van der Waals surface area contributed by atoms with Crippen LogP contribution in [0, 0.1) is 0 Å². The maximum absolute atomic E-state index is 12.6. The Kier molecular flexibility index (Phi) is 5.86. The van der Waals surface area contributed by atoms with Crippen molar-refractivity contribution in [2.75, 3.05) is 5.32 Å². The van der Waals surface area contributed by atoms with Crippen LogP contribution in [0.5, 0.6) is 5.75 Å². The van der Waals surface area contributed by atoms with E-state index >= 15 is 0 Å². The van der Waals surface area contributed by atoms with E-state index in [0.29, 0.717) is 22.0 Å². The summed E-state index contributed by atoms with van der Waals surface area (Å²) >= 11 is 6.00. The number of anilines is 1. The molecule has 2 N–H and O–H groups in total. The molecule has 1 saturated carbocycles. The smallest absolute Gasteiger partial charge is 0.291 e. The van der Waals surface area contributed by atoms with Gasteiger partial charge in [0.15, 0.2) is 11.5 Å². The molecule has 2 aromatic rings. The molecule has 0 aromatic heterocycles. The number of benzene rings is 2. The Morgan fingerprint density at radius 3 is 2.66 bits per heavy atom. The van der Waals surface area contributed by atoms with Crippen molar-refractivity contribution in [1.82, 2.24) is 5.32 Å². The molecule has 0 saturated heterocycles. The Balaban J connectivity index is 1.49. The predicted molar refractivity (Wildman–Crippen MR) is 114 cm³/mol. The van der Waals surface area contributed by atoms with E-state index in [1.165, 1.54) is 12.8 Å². The first-order valence-corrected chi connectivity index (χ1v) is 10.4. The van der Waals surface area contributed by atoms with Gasteiger partial charge in [-0.05, 0) is 54.8 Å². The first-order valence-electron chi connectivity index (χ1n) is 10.00. The second-order valence-corrected chi connectivity index (χ2v) is 7.93. The van der Waals surface area contributed by atoms with Gasteiger partial charge in [-0.3, -0.25) is 9.59 Å². The summed E-state index contributed by atoms with van der Waals surface area (Å²) in [5.41, 5.74) is 1.77. The molecular formula is C23H23ClN2O3. The third-order valence-electron chi connectivity index (χ3n) is 5.27. The Bertz CT molecular complexity index is 962. The topological polar surface area (TPSA) is 67.4 Å². The van der Waals surface area contributed by atoms with Crippen LogP contribution < -0.4 is 15.4 Å². The number of halogens is 1. The van der Waals surface area contributed by atoms with Crippen molar-refractivity contribution < 1.29 is 14.3 Å². The van der Waals surface area contributed by atoms with Crippen LogP contribution in [-0.2, 0) is 4.79 Å². The molecule has 2 amide bonds. The fourth-order valence-electron chi connectivity index (χ4n) is 3.74. The van der Waals surface area contributed by atoms with Crippen molar-refractivity contribution >= 4 is 35.2 Å². The minimum absolute atomic E-state index is 0.116. The van der Waals surface area contributed by atoms with E-state index in [2.05, 4.69) is 10.6 Å². The standard InChI is InChI=1S/C23H23ClN2O3/c24-17-7-5-6-15(12-17)13-21-23(28)26-19-14-16(10-11-20(19)29-21)22(27)25-18-8-3-1-2-4-9-18/h5-7,10-14,18H,1-4,8-9H2,(H,25,27)(H,26,28)/b21-13+. The van der Waals surface area contributed by atoms with Crippen LogP contribution in [0.1, 0.15) is 54.4 Å². The highest BCUT2D eigenvalue weighted by Gasteiger charge is 2.24. The zero-order chi connectivity index (χ0) is 20.2. The molecule has 6 heteroatoms. The number of hydrogen-bond donors (Lipinski definition) is 2. The van der Waals surface area contributed by atoms with Gasteiger partial charge in [0.1, 0.15) is 0 Å². The number of carbonyl (C=O) groups is 2. The van der Waals surface area contributed by atoms with Gasteiger partial charge in [0.05, 0.1) is 5.69 Å². The van der Waals surface area contributed by atoms with Crippen molar-refractivity contribution in [3.8, 4) is 5.75 Å². The maximum atomic E-state index is 12.6. The molecule has 0 spiro atoms. The molecule has 0 radical (unpaired) electrons. The number of amides is 2. The van der Waals surface area contributed by atoms with Crippen LogP contribution in [0.25, 0.3) is 6.08 Å². The lowest BCUT2D eigenvalue weighted by atomic mass is 10.1. The fourth-order valence-corrected chi connectivity index (χ4v) is 3.94. The number of ether oxygens (including phenoxy) is 1. The van der Waals surface area contributed by atoms with E-state index in [1.54, 1.807) is 36.4 Å². The van der Waals surface area contributed by atoms with E-state index < -0.39 is 0 Å². The van der Waals surface area contributed by atoms with Crippen molar-refractivity contribution in [1.29, 1.82) is 0 Å². The first-order chi connectivity index (χ1) is 14.1. The highest BCUT2D eigenvalue weighted by Crippen LogP contribution is 2.32. The van der Waals surface area contributed by atoms with Gasteiger partial charge in [-0.15, -0.1) is 0 Å². The molecule has 1 fully saturated rings. The van der Waals surface area contributed by atoms with Gasteiger partial charge in [-0.25, -0.2) is 0 Å². The Labute approximate surface area is 175 Å². The molecule has 2 aliphatic rings. The average molecular weight is 411 g/mol. The van der Waals surface area contributed by atoms with Gasteiger partial charge < -0.3 is 15.4 Å². The van der Waals surface area contributed by atoms with Crippen molar-refractivity contribution in [3.05, 3.63) is 64.4 Å². The molecule has 5 nitrogen and oxygen atoms in total. The normalized spacial score (nSPS) is 18.4. The van der Waals surface area contributed by atoms with Crippen LogP contribution in [-0.4, -0.2) is 17.9 Å². The molecule has 0 bridgehead atoms. The van der Waals surface area contributed by atoms with E-state index in [9.17, 15) is 9.59 Å². The summed E-state index contributed by atoms with van der Waals surface area (Å²) in [4.78, 5) is 25.1. The van der Waals surface area contributed by atoms with Gasteiger partial charge in [-0.1, -0.05) is 49.4 Å². The molecule has 0 unspecified atom stereocenters. The lowest BCUT2D eigenvalue weighted by molar-refractivity contribution is -0.115. The average Bonchev–Trinajstić information content (AvgIpc) is 2.97. The molecule has 0 atom stereocenters. The molecule has 1 aliphatic heterocycles. The van der Waals surface area contributed by atoms with Gasteiger partial charge >= 0.3 is 0 Å². The lowest BCUT2D eigenvalue weighted by Crippen LogP contribution is -2.34. The summed E-state index contributed by atoms with van der Waals surface area (Å²) in [7, 11) is 0. The zero-order valence-corrected chi connectivity index (χ0v) is 16.8. The number of fused-ring (bicyclic) bond motifs is 1. The summed E-state index contributed by atoms with van der Waals surface area (Å²) in [6, 6.07) is 12.5. The van der Waals surface area contributed by atoms with E-state index in [1.807, 2.05) is 12.1 Å². The molecule has 1 aliphatic carbocycles. The van der Waals surface area contributed by atoms with Crippen molar-refractivity contribution in [3.63, 3.8) is 0 Å². The minimum Gasteiger partial charge on any atom is -0.449 e. The maximum Gasteiger partial charge on any atom is 0.291 e. The van der Waals surface area contributed by atoms with Gasteiger partial charge in [0, 0.05) is 16.6 Å². The molecule has 2 aromatic carbocycles. The van der Waals surface area contributed by atoms with Crippen LogP contribution in [0.4, 0.5) is 5.69 Å². The van der Waals surface area contributed by atoms with Gasteiger partial charge in [-0.2, -0.15) is 0 Å². The summed E-state index contributed by atoms with van der Waals surface area (Å²) in [6.45, 7) is 0. The summed E-state index contributed by atoms with van der Waals surface area (Å²) < 4.78 is 5.76. The second-order valence-electron chi connectivity index (χ2n) is 7.49. The van der Waals surface area contributed by atoms with Crippen LogP contribution in [0.3, 0.4) is 0 Å². The highest BCUT2D eigenvalue weighted by molar-refractivity contribution is 6.30. The molecular weight excluding hydrogens is 388 g/mol. The summed E-state index contributed by atoms with van der Waals surface area (Å²) in [5, 5.41) is 6.52. The molecule has 150 valence electrons. The van der Waals surface area contributed by atoms with Crippen molar-refractivity contribution in [2.45, 2.75) is 44.6 Å². The van der Waals surface area contributed by atoms with E-state index in [-0.39, 0.29) is 23.6 Å². The van der Waals surface area contributed by atoms with E-state index in [0.717, 1.165) is 31.2 Å². The molecule has 1 heterocycles. The van der Waals surface area contributed by atoms with Gasteiger partial charge in [0.25, 0.3) is 11.8 Å². The lowest BCUT2D eigenvalue weighted by Gasteiger charge is -2.21. The Morgan fingerprint density at radius 1 is 1.10 bits per heavy atom. The van der Waals surface area contributed by atoms with E-state index in [4.69, 9.17) is 16.3 Å². The highest BCUT2D eigenvalue weighted by atomic mass is 35.5. The number of hydrogen-bond acceptors (Lipinski definition) is 3. The zero-order valence-electron chi connectivity index (χ0n) is 16.0.